The summed E-state index contributed by atoms with van der Waals surface area (Å²) in [6.45, 7) is 0.244. The van der Waals surface area contributed by atoms with Gasteiger partial charge in [0.05, 0.1) is 19.4 Å². The van der Waals surface area contributed by atoms with E-state index in [0.29, 0.717) is 18.1 Å². The lowest BCUT2D eigenvalue weighted by atomic mass is 9.86. The lowest BCUT2D eigenvalue weighted by Crippen LogP contribution is -2.41. The highest BCUT2D eigenvalue weighted by Crippen LogP contribution is 2.28. The Morgan fingerprint density at radius 3 is 2.55 bits per heavy atom. The van der Waals surface area contributed by atoms with E-state index in [1.54, 1.807) is 12.1 Å². The fourth-order valence-corrected chi connectivity index (χ4v) is 4.55. The van der Waals surface area contributed by atoms with Gasteiger partial charge in [-0.1, -0.05) is 62.4 Å². The van der Waals surface area contributed by atoms with Crippen LogP contribution in [0.2, 0.25) is 0 Å². The zero-order valence-corrected chi connectivity index (χ0v) is 18.7. The molecule has 8 nitrogen and oxygen atoms in total. The Balaban J connectivity index is 1.66. The molecule has 0 bridgehead atoms. The van der Waals surface area contributed by atoms with E-state index in [-0.39, 0.29) is 30.5 Å². The van der Waals surface area contributed by atoms with Crippen molar-refractivity contribution < 1.29 is 9.21 Å². The van der Waals surface area contributed by atoms with Gasteiger partial charge in [0.15, 0.2) is 5.69 Å². The smallest absolute Gasteiger partial charge is 0.330 e. The third kappa shape index (κ3) is 5.45. The number of nitrogens with zero attached hydrogens (tertiary/aromatic N) is 2. The number of carbonyl (C=O) groups excluding carboxylic acids is 1. The molecule has 1 aliphatic rings. The van der Waals surface area contributed by atoms with Crippen LogP contribution in [0.15, 0.2) is 62.7 Å². The number of aromatic nitrogens is 2. The molecule has 1 amide bonds. The molecule has 2 aromatic heterocycles. The van der Waals surface area contributed by atoms with Crippen LogP contribution >= 0.6 is 0 Å². The molecule has 2 heterocycles. The van der Waals surface area contributed by atoms with Crippen LogP contribution in [0.3, 0.4) is 0 Å². The van der Waals surface area contributed by atoms with Gasteiger partial charge in [0, 0.05) is 6.42 Å². The van der Waals surface area contributed by atoms with E-state index in [0.717, 1.165) is 24.8 Å². The fraction of sp³-hybridized carbons (Fsp3) is 0.400. The normalized spacial score (nSPS) is 14.3. The van der Waals surface area contributed by atoms with Crippen LogP contribution < -0.4 is 21.9 Å². The third-order valence-electron chi connectivity index (χ3n) is 6.35. The van der Waals surface area contributed by atoms with Crippen molar-refractivity contribution in [2.24, 2.45) is 5.92 Å². The highest BCUT2D eigenvalue weighted by Gasteiger charge is 2.26. The quantitative estimate of drug-likeness (QED) is 0.544. The van der Waals surface area contributed by atoms with Crippen molar-refractivity contribution in [3.05, 3.63) is 80.9 Å². The highest BCUT2D eigenvalue weighted by atomic mass is 16.3. The number of rotatable bonds is 8. The van der Waals surface area contributed by atoms with E-state index in [1.807, 2.05) is 30.3 Å². The number of H-pyrrole nitrogens is 1. The van der Waals surface area contributed by atoms with Crippen LogP contribution in [-0.2, 0) is 17.9 Å². The van der Waals surface area contributed by atoms with E-state index in [1.165, 1.54) is 35.0 Å². The summed E-state index contributed by atoms with van der Waals surface area (Å²) in [6, 6.07) is 12.8. The molecule has 3 aromatic rings. The SMILES string of the molecule is Nc1c(N(Cc2ccco2)C(=O)CCC2CCCCC2)c(=O)[nH]c(=O)n1Cc1ccccc1. The van der Waals surface area contributed by atoms with Crippen LogP contribution in [0, 0.1) is 5.92 Å². The number of hydrogen-bond donors (Lipinski definition) is 2. The number of amides is 1. The average molecular weight is 451 g/mol. The maximum absolute atomic E-state index is 13.4. The van der Waals surface area contributed by atoms with Gasteiger partial charge in [-0.25, -0.2) is 4.79 Å². The number of furan rings is 1. The molecule has 0 radical (unpaired) electrons. The molecule has 0 aliphatic heterocycles. The summed E-state index contributed by atoms with van der Waals surface area (Å²) in [5.41, 5.74) is 5.90. The average Bonchev–Trinajstić information content (AvgIpc) is 3.34. The van der Waals surface area contributed by atoms with Crippen molar-refractivity contribution in [1.82, 2.24) is 9.55 Å². The molecule has 1 aliphatic carbocycles. The Hall–Kier alpha value is -3.55. The minimum absolute atomic E-state index is 0.0180. The van der Waals surface area contributed by atoms with Gasteiger partial charge in [-0.05, 0) is 30.0 Å². The maximum atomic E-state index is 13.4. The van der Waals surface area contributed by atoms with Crippen molar-refractivity contribution >= 4 is 17.4 Å². The molecule has 0 saturated heterocycles. The number of hydrogen-bond acceptors (Lipinski definition) is 5. The molecule has 1 aromatic carbocycles. The van der Waals surface area contributed by atoms with Gasteiger partial charge >= 0.3 is 5.69 Å². The molecule has 174 valence electrons. The molecule has 0 spiro atoms. The summed E-state index contributed by atoms with van der Waals surface area (Å²) in [6.07, 6.45) is 8.52. The van der Waals surface area contributed by atoms with Gasteiger partial charge in [0.2, 0.25) is 5.91 Å². The maximum Gasteiger partial charge on any atom is 0.330 e. The Morgan fingerprint density at radius 1 is 1.09 bits per heavy atom. The van der Waals surface area contributed by atoms with Gasteiger partial charge in [-0.15, -0.1) is 0 Å². The van der Waals surface area contributed by atoms with Crippen LogP contribution in [0.5, 0.6) is 0 Å². The topological polar surface area (TPSA) is 114 Å². The minimum Gasteiger partial charge on any atom is -0.467 e. The first-order chi connectivity index (χ1) is 16.0. The molecule has 1 saturated carbocycles. The van der Waals surface area contributed by atoms with Crippen molar-refractivity contribution in [3.8, 4) is 0 Å². The lowest BCUT2D eigenvalue weighted by Gasteiger charge is -2.26. The molecule has 1 fully saturated rings. The molecule has 0 atom stereocenters. The number of anilines is 2. The first kappa shape index (κ1) is 22.6. The van der Waals surface area contributed by atoms with Crippen molar-refractivity contribution in [1.29, 1.82) is 0 Å². The van der Waals surface area contributed by atoms with E-state index in [2.05, 4.69) is 4.98 Å². The van der Waals surface area contributed by atoms with Crippen molar-refractivity contribution in [3.63, 3.8) is 0 Å². The standard InChI is InChI=1S/C25H30N4O4/c26-23-22(24(31)27-25(32)29(23)16-19-10-5-2-6-11-19)28(17-20-12-7-15-33-20)21(30)14-13-18-8-3-1-4-9-18/h2,5-7,10-12,15,18H,1,3-4,8-9,13-14,16-17,26H2,(H,27,31,32). The summed E-state index contributed by atoms with van der Waals surface area (Å²) in [7, 11) is 0. The Kier molecular flexibility index (Phi) is 7.12. The lowest BCUT2D eigenvalue weighted by molar-refractivity contribution is -0.119. The molecule has 8 heteroatoms. The number of nitrogens with two attached hydrogens (primary N) is 1. The van der Waals surface area contributed by atoms with Crippen LogP contribution in [0.4, 0.5) is 11.5 Å². The van der Waals surface area contributed by atoms with Crippen molar-refractivity contribution in [2.45, 2.75) is 58.0 Å². The molecular formula is C25H30N4O4. The largest absolute Gasteiger partial charge is 0.467 e. The van der Waals surface area contributed by atoms with Gasteiger partial charge < -0.3 is 10.2 Å². The summed E-state index contributed by atoms with van der Waals surface area (Å²) < 4.78 is 6.73. The second-order valence-corrected chi connectivity index (χ2v) is 8.67. The van der Waals surface area contributed by atoms with Gasteiger partial charge in [-0.2, -0.15) is 0 Å². The Labute approximate surface area is 192 Å². The minimum atomic E-state index is -0.681. The predicted octanol–water partition coefficient (Wildman–Crippen LogP) is 3.65. The Morgan fingerprint density at radius 2 is 1.85 bits per heavy atom. The van der Waals surface area contributed by atoms with E-state index in [4.69, 9.17) is 10.2 Å². The predicted molar refractivity (Wildman–Crippen MR) is 127 cm³/mol. The van der Waals surface area contributed by atoms with Crippen LogP contribution in [0.25, 0.3) is 0 Å². The molecular weight excluding hydrogens is 420 g/mol. The van der Waals surface area contributed by atoms with E-state index < -0.39 is 11.2 Å². The zero-order chi connectivity index (χ0) is 23.2. The van der Waals surface area contributed by atoms with Crippen LogP contribution in [-0.4, -0.2) is 15.5 Å². The molecule has 3 N–H and O–H groups in total. The zero-order valence-electron chi connectivity index (χ0n) is 18.7. The highest BCUT2D eigenvalue weighted by molar-refractivity contribution is 5.95. The van der Waals surface area contributed by atoms with Gasteiger partial charge in [-0.3, -0.25) is 24.0 Å². The molecule has 33 heavy (non-hydrogen) atoms. The number of nitrogens with one attached hydrogen (secondary N) is 1. The first-order valence-corrected chi connectivity index (χ1v) is 11.5. The van der Waals surface area contributed by atoms with Crippen molar-refractivity contribution in [2.75, 3.05) is 10.6 Å². The number of benzene rings is 1. The summed E-state index contributed by atoms with van der Waals surface area (Å²) in [4.78, 5) is 42.5. The fourth-order valence-electron chi connectivity index (χ4n) is 4.55. The molecule has 4 rings (SSSR count). The number of aromatic amines is 1. The van der Waals surface area contributed by atoms with Crippen LogP contribution in [0.1, 0.15) is 56.3 Å². The number of carbonyl (C=O) groups is 1. The summed E-state index contributed by atoms with van der Waals surface area (Å²) >= 11 is 0. The monoisotopic (exact) mass is 450 g/mol. The Bertz CT molecular complexity index is 1180. The van der Waals surface area contributed by atoms with E-state index in [9.17, 15) is 14.4 Å². The summed E-state index contributed by atoms with van der Waals surface area (Å²) in [5.74, 6) is 0.806. The van der Waals surface area contributed by atoms with E-state index >= 15 is 0 Å². The third-order valence-corrected chi connectivity index (χ3v) is 6.35. The first-order valence-electron chi connectivity index (χ1n) is 11.5. The van der Waals surface area contributed by atoms with Gasteiger partial charge in [0.1, 0.15) is 11.6 Å². The van der Waals surface area contributed by atoms with Gasteiger partial charge in [0.25, 0.3) is 5.56 Å². The summed E-state index contributed by atoms with van der Waals surface area (Å²) in [5, 5.41) is 0. The second kappa shape index (κ2) is 10.4. The molecule has 0 unspecified atom stereocenters. The number of nitrogen functional groups attached to an aromatic ring is 1. The second-order valence-electron chi connectivity index (χ2n) is 8.67.